The molecule has 0 saturated carbocycles. The molecular formula is C7H11N3O2. The second kappa shape index (κ2) is 3.25. The van der Waals surface area contributed by atoms with Crippen LogP contribution in [0.1, 0.15) is 0 Å². The number of aromatic nitrogens is 2. The van der Waals surface area contributed by atoms with Crippen LogP contribution in [0, 0.1) is 0 Å². The summed E-state index contributed by atoms with van der Waals surface area (Å²) >= 11 is 0. The molecule has 0 N–H and O–H groups in total. The molecule has 0 aliphatic rings. The molecule has 0 atom stereocenters. The van der Waals surface area contributed by atoms with E-state index in [0.717, 1.165) is 0 Å². The fourth-order valence-electron chi connectivity index (χ4n) is 0.721. The largest absolute Gasteiger partial charge is 0.493 e. The first kappa shape index (κ1) is 8.58. The predicted molar refractivity (Wildman–Crippen MR) is 43.3 cm³/mol. The lowest BCUT2D eigenvalue weighted by molar-refractivity contribution is 0.216. The summed E-state index contributed by atoms with van der Waals surface area (Å²) in [5.41, 5.74) is 0. The van der Waals surface area contributed by atoms with E-state index in [1.54, 1.807) is 14.1 Å². The van der Waals surface area contributed by atoms with E-state index in [1.807, 2.05) is 0 Å². The molecule has 0 unspecified atom stereocenters. The zero-order chi connectivity index (χ0) is 9.14. The Labute approximate surface area is 70.5 Å². The van der Waals surface area contributed by atoms with Crippen LogP contribution in [0.3, 0.4) is 0 Å². The Bertz CT molecular complexity index is 280. The summed E-state index contributed by atoms with van der Waals surface area (Å²) in [7, 11) is 4.86. The van der Waals surface area contributed by atoms with Crippen LogP contribution in [0.15, 0.2) is 12.4 Å². The van der Waals surface area contributed by atoms with Crippen molar-refractivity contribution in [2.75, 3.05) is 21.2 Å². The smallest absolute Gasteiger partial charge is 0.344 e. The number of carbonyl (C=O) groups is 1. The standard InChI is InChI=1S/C7H11N3O2/c1-9(2)7(11)10-5-6(12-3)4-8-10/h4-5H,1-3H3. The van der Waals surface area contributed by atoms with Gasteiger partial charge in [-0.05, 0) is 0 Å². The average Bonchev–Trinajstić information content (AvgIpc) is 2.50. The van der Waals surface area contributed by atoms with Gasteiger partial charge in [0.25, 0.3) is 0 Å². The van der Waals surface area contributed by atoms with E-state index in [0.29, 0.717) is 5.75 Å². The molecule has 0 spiro atoms. The molecule has 0 saturated heterocycles. The molecule has 0 aliphatic carbocycles. The monoisotopic (exact) mass is 169 g/mol. The first-order valence-electron chi connectivity index (χ1n) is 3.45. The minimum Gasteiger partial charge on any atom is -0.493 e. The van der Waals surface area contributed by atoms with Crippen molar-refractivity contribution in [1.29, 1.82) is 0 Å². The normalized spacial score (nSPS) is 9.58. The maximum atomic E-state index is 11.2. The van der Waals surface area contributed by atoms with Gasteiger partial charge in [-0.25, -0.2) is 4.79 Å². The van der Waals surface area contributed by atoms with Crippen molar-refractivity contribution < 1.29 is 9.53 Å². The lowest BCUT2D eigenvalue weighted by Crippen LogP contribution is -2.27. The van der Waals surface area contributed by atoms with Crippen LogP contribution in [-0.4, -0.2) is 41.9 Å². The van der Waals surface area contributed by atoms with E-state index >= 15 is 0 Å². The number of carbonyl (C=O) groups excluding carboxylic acids is 1. The van der Waals surface area contributed by atoms with Crippen LogP contribution in [0.5, 0.6) is 5.75 Å². The van der Waals surface area contributed by atoms with Gasteiger partial charge in [-0.3, -0.25) is 0 Å². The van der Waals surface area contributed by atoms with Gasteiger partial charge >= 0.3 is 6.03 Å². The molecule has 12 heavy (non-hydrogen) atoms. The molecular weight excluding hydrogens is 158 g/mol. The third kappa shape index (κ3) is 1.55. The van der Waals surface area contributed by atoms with Gasteiger partial charge in [-0.2, -0.15) is 9.78 Å². The Balaban J connectivity index is 2.82. The molecule has 0 aromatic carbocycles. The predicted octanol–water partition coefficient (Wildman–Crippen LogP) is 0.421. The Hall–Kier alpha value is -1.52. The van der Waals surface area contributed by atoms with Crippen LogP contribution in [0.2, 0.25) is 0 Å². The maximum Gasteiger partial charge on any atom is 0.344 e. The Kier molecular flexibility index (Phi) is 2.32. The fraction of sp³-hybridized carbons (Fsp3) is 0.429. The Morgan fingerprint density at radius 2 is 2.33 bits per heavy atom. The van der Waals surface area contributed by atoms with E-state index < -0.39 is 0 Å². The first-order valence-corrected chi connectivity index (χ1v) is 3.45. The highest BCUT2D eigenvalue weighted by Crippen LogP contribution is 2.06. The van der Waals surface area contributed by atoms with Crippen molar-refractivity contribution in [2.24, 2.45) is 0 Å². The zero-order valence-electron chi connectivity index (χ0n) is 7.31. The molecule has 0 fully saturated rings. The molecule has 5 nitrogen and oxygen atoms in total. The Morgan fingerprint density at radius 1 is 1.67 bits per heavy atom. The summed E-state index contributed by atoms with van der Waals surface area (Å²) in [5, 5.41) is 3.81. The quantitative estimate of drug-likeness (QED) is 0.612. The maximum absolute atomic E-state index is 11.2. The lowest BCUT2D eigenvalue weighted by atomic mass is 10.6. The van der Waals surface area contributed by atoms with Crippen LogP contribution >= 0.6 is 0 Å². The number of rotatable bonds is 1. The number of amides is 1. The van der Waals surface area contributed by atoms with Gasteiger partial charge < -0.3 is 9.64 Å². The SMILES string of the molecule is COc1cnn(C(=O)N(C)C)c1. The van der Waals surface area contributed by atoms with E-state index in [4.69, 9.17) is 4.74 Å². The van der Waals surface area contributed by atoms with Gasteiger partial charge in [0.15, 0.2) is 5.75 Å². The molecule has 1 aromatic heterocycles. The van der Waals surface area contributed by atoms with Gasteiger partial charge in [0, 0.05) is 14.1 Å². The highest BCUT2D eigenvalue weighted by atomic mass is 16.5. The van der Waals surface area contributed by atoms with Crippen molar-refractivity contribution >= 4 is 6.03 Å². The van der Waals surface area contributed by atoms with Gasteiger partial charge in [0.05, 0.1) is 19.5 Å². The van der Waals surface area contributed by atoms with Crippen molar-refractivity contribution in [3.63, 3.8) is 0 Å². The molecule has 5 heteroatoms. The summed E-state index contributed by atoms with van der Waals surface area (Å²) < 4.78 is 6.09. The van der Waals surface area contributed by atoms with Crippen LogP contribution in [0.25, 0.3) is 0 Å². The number of hydrogen-bond donors (Lipinski definition) is 0. The summed E-state index contributed by atoms with van der Waals surface area (Å²) in [6.45, 7) is 0. The van der Waals surface area contributed by atoms with Crippen molar-refractivity contribution in [2.45, 2.75) is 0 Å². The molecule has 0 radical (unpaired) electrons. The van der Waals surface area contributed by atoms with E-state index in [2.05, 4.69) is 5.10 Å². The van der Waals surface area contributed by atoms with Crippen LogP contribution in [-0.2, 0) is 0 Å². The summed E-state index contributed by atoms with van der Waals surface area (Å²) in [6.07, 6.45) is 3.02. The van der Waals surface area contributed by atoms with E-state index in [1.165, 1.54) is 29.1 Å². The third-order valence-electron chi connectivity index (χ3n) is 1.37. The van der Waals surface area contributed by atoms with Gasteiger partial charge in [0.2, 0.25) is 0 Å². The zero-order valence-corrected chi connectivity index (χ0v) is 7.31. The van der Waals surface area contributed by atoms with Crippen molar-refractivity contribution in [3.8, 4) is 5.75 Å². The summed E-state index contributed by atoms with van der Waals surface area (Å²) in [4.78, 5) is 12.7. The van der Waals surface area contributed by atoms with E-state index in [-0.39, 0.29) is 6.03 Å². The minimum atomic E-state index is -0.196. The number of methoxy groups -OCH3 is 1. The molecule has 1 amide bonds. The first-order chi connectivity index (χ1) is 5.65. The number of hydrogen-bond acceptors (Lipinski definition) is 3. The van der Waals surface area contributed by atoms with Crippen LogP contribution < -0.4 is 4.74 Å². The lowest BCUT2D eigenvalue weighted by Gasteiger charge is -2.08. The average molecular weight is 169 g/mol. The molecule has 1 aromatic rings. The van der Waals surface area contributed by atoms with Crippen molar-refractivity contribution in [3.05, 3.63) is 12.4 Å². The fourth-order valence-corrected chi connectivity index (χ4v) is 0.721. The molecule has 66 valence electrons. The molecule has 0 aliphatic heterocycles. The van der Waals surface area contributed by atoms with Crippen LogP contribution in [0.4, 0.5) is 4.79 Å². The molecule has 1 heterocycles. The second-order valence-electron chi connectivity index (χ2n) is 2.50. The van der Waals surface area contributed by atoms with E-state index in [9.17, 15) is 4.79 Å². The van der Waals surface area contributed by atoms with Gasteiger partial charge in [-0.15, -0.1) is 0 Å². The highest BCUT2D eigenvalue weighted by Gasteiger charge is 2.08. The second-order valence-corrected chi connectivity index (χ2v) is 2.50. The molecule has 1 rings (SSSR count). The van der Waals surface area contributed by atoms with Crippen molar-refractivity contribution in [1.82, 2.24) is 14.7 Å². The van der Waals surface area contributed by atoms with Gasteiger partial charge in [0.1, 0.15) is 0 Å². The summed E-state index contributed by atoms with van der Waals surface area (Å²) in [6, 6.07) is -0.196. The topological polar surface area (TPSA) is 47.4 Å². The summed E-state index contributed by atoms with van der Waals surface area (Å²) in [5.74, 6) is 0.574. The third-order valence-corrected chi connectivity index (χ3v) is 1.37. The number of ether oxygens (including phenoxy) is 1. The molecule has 0 bridgehead atoms. The minimum absolute atomic E-state index is 0.196. The Morgan fingerprint density at radius 3 is 2.75 bits per heavy atom. The highest BCUT2D eigenvalue weighted by molar-refractivity contribution is 5.75. The van der Waals surface area contributed by atoms with Gasteiger partial charge in [-0.1, -0.05) is 0 Å². The number of nitrogens with zero attached hydrogens (tertiary/aromatic N) is 3.